The molecule has 0 spiro atoms. The van der Waals surface area contributed by atoms with Crippen LogP contribution in [0.1, 0.15) is 34.3 Å². The van der Waals surface area contributed by atoms with Gasteiger partial charge in [0, 0.05) is 23.9 Å². The van der Waals surface area contributed by atoms with Crippen LogP contribution in [-0.2, 0) is 21.5 Å². The topological polar surface area (TPSA) is 66.5 Å². The molecule has 1 aromatic rings. The van der Waals surface area contributed by atoms with Gasteiger partial charge in [0.2, 0.25) is 11.8 Å². The first-order valence-electron chi connectivity index (χ1n) is 6.53. The predicted octanol–water partition coefficient (Wildman–Crippen LogP) is 1.48. The van der Waals surface area contributed by atoms with Crippen LogP contribution in [0.5, 0.6) is 0 Å². The lowest BCUT2D eigenvalue weighted by Gasteiger charge is -2.29. The lowest BCUT2D eigenvalue weighted by molar-refractivity contribution is -0.136. The van der Waals surface area contributed by atoms with Gasteiger partial charge in [0.15, 0.2) is 0 Å². The van der Waals surface area contributed by atoms with E-state index in [-0.39, 0.29) is 24.8 Å². The van der Waals surface area contributed by atoms with Crippen LogP contribution in [-0.4, -0.2) is 28.7 Å². The highest BCUT2D eigenvalue weighted by Gasteiger charge is 2.39. The van der Waals surface area contributed by atoms with Crippen molar-refractivity contribution in [2.45, 2.75) is 30.8 Å². The molecule has 0 radical (unpaired) electrons. The van der Waals surface area contributed by atoms with Gasteiger partial charge in [-0.15, -0.1) is 0 Å². The summed E-state index contributed by atoms with van der Waals surface area (Å²) in [5.41, 5.74) is 1.48. The largest absolute Gasteiger partial charge is 0.322 e. The van der Waals surface area contributed by atoms with Crippen molar-refractivity contribution < 1.29 is 18.8 Å². The number of fused-ring (bicyclic) bond motifs is 1. The van der Waals surface area contributed by atoms with Crippen LogP contribution in [0.15, 0.2) is 12.1 Å². The Morgan fingerprint density at radius 1 is 1.33 bits per heavy atom. The second-order valence-corrected chi connectivity index (χ2v) is 5.70. The van der Waals surface area contributed by atoms with Crippen LogP contribution in [0.4, 0.5) is 4.39 Å². The normalized spacial score (nSPS) is 21.5. The fourth-order valence-corrected chi connectivity index (χ4v) is 3.17. The van der Waals surface area contributed by atoms with Crippen molar-refractivity contribution in [1.82, 2.24) is 10.2 Å². The molecular weight excluding hydrogens is 343 g/mol. The molecule has 2 heterocycles. The number of carbonyl (C=O) groups is 3. The van der Waals surface area contributed by atoms with E-state index in [1.807, 2.05) is 0 Å². The Balaban J connectivity index is 1.90. The Labute approximate surface area is 128 Å². The molecule has 3 amide bonds. The fraction of sp³-hybridized carbons (Fsp3) is 0.357. The van der Waals surface area contributed by atoms with Gasteiger partial charge in [-0.05, 0) is 29.7 Å². The fourth-order valence-electron chi connectivity index (χ4n) is 2.74. The number of rotatable bonds is 2. The number of hydrogen-bond acceptors (Lipinski definition) is 3. The van der Waals surface area contributed by atoms with E-state index in [9.17, 15) is 18.8 Å². The summed E-state index contributed by atoms with van der Waals surface area (Å²) >= 11 is 3.20. The number of alkyl halides is 1. The van der Waals surface area contributed by atoms with Gasteiger partial charge in [-0.3, -0.25) is 19.7 Å². The number of nitrogens with one attached hydrogen (secondary N) is 1. The van der Waals surface area contributed by atoms with Crippen LogP contribution in [0.25, 0.3) is 0 Å². The predicted molar refractivity (Wildman–Crippen MR) is 75.1 cm³/mol. The van der Waals surface area contributed by atoms with Gasteiger partial charge in [-0.1, -0.05) is 15.9 Å². The van der Waals surface area contributed by atoms with Gasteiger partial charge in [0.25, 0.3) is 5.91 Å². The van der Waals surface area contributed by atoms with Crippen molar-refractivity contribution in [3.63, 3.8) is 0 Å². The van der Waals surface area contributed by atoms with E-state index in [0.29, 0.717) is 28.4 Å². The number of hydrogen-bond donors (Lipinski definition) is 1. The summed E-state index contributed by atoms with van der Waals surface area (Å²) in [6, 6.07) is 2.20. The number of nitrogens with zero attached hydrogens (tertiary/aromatic N) is 1. The van der Waals surface area contributed by atoms with Gasteiger partial charge in [-0.25, -0.2) is 4.39 Å². The Kier molecular flexibility index (Phi) is 3.52. The number of imide groups is 1. The molecule has 2 aliphatic heterocycles. The van der Waals surface area contributed by atoms with E-state index in [1.165, 1.54) is 11.0 Å². The second kappa shape index (κ2) is 5.22. The van der Waals surface area contributed by atoms with Gasteiger partial charge in [0.1, 0.15) is 11.9 Å². The SMILES string of the molecule is O=C1CCC(N2Cc3cc(CBr)c(F)cc3C2=O)C(=O)N1. The maximum absolute atomic E-state index is 13.8. The van der Waals surface area contributed by atoms with Crippen LogP contribution in [0.2, 0.25) is 0 Å². The molecule has 1 atom stereocenters. The van der Waals surface area contributed by atoms with Crippen molar-refractivity contribution in [1.29, 1.82) is 0 Å². The van der Waals surface area contributed by atoms with Gasteiger partial charge >= 0.3 is 0 Å². The summed E-state index contributed by atoms with van der Waals surface area (Å²) in [5, 5.41) is 2.59. The quantitative estimate of drug-likeness (QED) is 0.646. The first kappa shape index (κ1) is 14.2. The van der Waals surface area contributed by atoms with E-state index in [0.717, 1.165) is 0 Å². The molecule has 1 aromatic carbocycles. The minimum absolute atomic E-state index is 0.206. The maximum Gasteiger partial charge on any atom is 0.255 e. The smallest absolute Gasteiger partial charge is 0.255 e. The Bertz CT molecular complexity index is 662. The Hall–Kier alpha value is -1.76. The van der Waals surface area contributed by atoms with E-state index in [1.54, 1.807) is 6.07 Å². The molecule has 3 rings (SSSR count). The second-order valence-electron chi connectivity index (χ2n) is 5.13. The molecule has 1 unspecified atom stereocenters. The highest BCUT2D eigenvalue weighted by molar-refractivity contribution is 9.08. The van der Waals surface area contributed by atoms with Crippen LogP contribution in [0.3, 0.4) is 0 Å². The summed E-state index contributed by atoms with van der Waals surface area (Å²) in [6.45, 7) is 0.265. The first-order chi connectivity index (χ1) is 10.0. The third-order valence-electron chi connectivity index (χ3n) is 3.83. The molecule has 0 saturated carbocycles. The molecular formula is C14H12BrFN2O3. The lowest BCUT2D eigenvalue weighted by atomic mass is 10.0. The highest BCUT2D eigenvalue weighted by Crippen LogP contribution is 2.29. The van der Waals surface area contributed by atoms with Gasteiger partial charge < -0.3 is 4.90 Å². The molecule has 1 N–H and O–H groups in total. The number of amides is 3. The molecule has 1 saturated heterocycles. The summed E-state index contributed by atoms with van der Waals surface area (Å²) in [7, 11) is 0. The molecule has 5 nitrogen and oxygen atoms in total. The standard InChI is InChI=1S/C14H12BrFN2O3/c15-5-7-3-8-6-18(14(21)9(8)4-10(7)16)11-1-2-12(19)17-13(11)20/h3-4,11H,1-2,5-6H2,(H,17,19,20). The number of benzene rings is 1. The molecule has 0 aliphatic carbocycles. The third kappa shape index (κ3) is 2.35. The molecule has 1 fully saturated rings. The Morgan fingerprint density at radius 3 is 2.76 bits per heavy atom. The molecule has 0 bridgehead atoms. The minimum Gasteiger partial charge on any atom is -0.322 e. The van der Waals surface area contributed by atoms with E-state index in [2.05, 4.69) is 21.2 Å². The summed E-state index contributed by atoms with van der Waals surface area (Å²) < 4.78 is 13.8. The average Bonchev–Trinajstić information content (AvgIpc) is 2.75. The van der Waals surface area contributed by atoms with E-state index in [4.69, 9.17) is 0 Å². The molecule has 110 valence electrons. The van der Waals surface area contributed by atoms with E-state index >= 15 is 0 Å². The minimum atomic E-state index is -0.668. The van der Waals surface area contributed by atoms with Crippen LogP contribution < -0.4 is 5.32 Å². The van der Waals surface area contributed by atoms with Crippen molar-refractivity contribution in [3.05, 3.63) is 34.6 Å². The van der Waals surface area contributed by atoms with Crippen LogP contribution in [0, 0.1) is 5.82 Å². The first-order valence-corrected chi connectivity index (χ1v) is 7.65. The Morgan fingerprint density at radius 2 is 2.10 bits per heavy atom. The average molecular weight is 355 g/mol. The number of carbonyl (C=O) groups excluding carboxylic acids is 3. The summed E-state index contributed by atoms with van der Waals surface area (Å²) in [6.07, 6.45) is 0.510. The summed E-state index contributed by atoms with van der Waals surface area (Å²) in [4.78, 5) is 36.8. The monoisotopic (exact) mass is 354 g/mol. The zero-order valence-corrected chi connectivity index (χ0v) is 12.6. The molecule has 21 heavy (non-hydrogen) atoms. The van der Waals surface area contributed by atoms with E-state index < -0.39 is 17.8 Å². The zero-order valence-electron chi connectivity index (χ0n) is 11.0. The number of halogens is 2. The van der Waals surface area contributed by atoms with Gasteiger partial charge in [-0.2, -0.15) is 0 Å². The van der Waals surface area contributed by atoms with Crippen LogP contribution >= 0.6 is 15.9 Å². The molecule has 0 aromatic heterocycles. The molecule has 2 aliphatic rings. The van der Waals surface area contributed by atoms with Crippen molar-refractivity contribution >= 4 is 33.7 Å². The van der Waals surface area contributed by atoms with Gasteiger partial charge in [0.05, 0.1) is 0 Å². The zero-order chi connectivity index (χ0) is 15.1. The maximum atomic E-state index is 13.8. The number of piperidine rings is 1. The highest BCUT2D eigenvalue weighted by atomic mass is 79.9. The van der Waals surface area contributed by atoms with Crippen molar-refractivity contribution in [2.75, 3.05) is 0 Å². The summed E-state index contributed by atoms with van der Waals surface area (Å²) in [5.74, 6) is -1.59. The van der Waals surface area contributed by atoms with Crippen molar-refractivity contribution in [3.8, 4) is 0 Å². The molecule has 7 heteroatoms. The third-order valence-corrected chi connectivity index (χ3v) is 4.44. The lowest BCUT2D eigenvalue weighted by Crippen LogP contribution is -2.52. The van der Waals surface area contributed by atoms with Crippen molar-refractivity contribution in [2.24, 2.45) is 0 Å².